The van der Waals surface area contributed by atoms with Crippen LogP contribution in [-0.4, -0.2) is 53.7 Å². The lowest BCUT2D eigenvalue weighted by molar-refractivity contribution is -0.120. The fourth-order valence-electron chi connectivity index (χ4n) is 3.14. The molecule has 1 aliphatic carbocycles. The monoisotopic (exact) mass is 414 g/mol. The van der Waals surface area contributed by atoms with Gasteiger partial charge < -0.3 is 10.2 Å². The summed E-state index contributed by atoms with van der Waals surface area (Å²) in [5.74, 6) is 0.172. The molecule has 1 N–H and O–H groups in total. The van der Waals surface area contributed by atoms with Crippen LogP contribution in [0.5, 0.6) is 0 Å². The molecule has 1 aliphatic rings. The number of halogens is 1. The molecule has 146 valence electrons. The van der Waals surface area contributed by atoms with Gasteiger partial charge in [-0.1, -0.05) is 30.5 Å². The molecule has 1 amide bonds. The molecule has 2 rings (SSSR count). The second kappa shape index (κ2) is 11.5. The summed E-state index contributed by atoms with van der Waals surface area (Å²) in [4.78, 5) is 15.8. The number of hydrogen-bond acceptors (Lipinski definition) is 4. The molecule has 0 saturated heterocycles. The van der Waals surface area contributed by atoms with Gasteiger partial charge >= 0.3 is 0 Å². The summed E-state index contributed by atoms with van der Waals surface area (Å²) in [5.41, 5.74) is 0. The summed E-state index contributed by atoms with van der Waals surface area (Å²) < 4.78 is 0. The highest BCUT2D eigenvalue weighted by molar-refractivity contribution is 8.04. The van der Waals surface area contributed by atoms with Crippen LogP contribution >= 0.6 is 35.1 Å². The molecule has 1 saturated carbocycles. The zero-order chi connectivity index (χ0) is 18.9. The zero-order valence-electron chi connectivity index (χ0n) is 16.0. The standard InChI is InChI=1S/C20H31ClN2OS2/c1-15(20(24)22-12-7-13-23(2)3)25-18-10-4-5-11-19(18)26-17-9-6-8-16(21)14-17/h6,8-9,14-15,18-19H,4-5,7,10-13H2,1-3H3,(H,22,24). The van der Waals surface area contributed by atoms with Crippen molar-refractivity contribution in [2.45, 2.75) is 59.7 Å². The van der Waals surface area contributed by atoms with Gasteiger partial charge in [-0.3, -0.25) is 4.79 Å². The number of thioether (sulfide) groups is 2. The van der Waals surface area contributed by atoms with E-state index in [4.69, 9.17) is 11.6 Å². The van der Waals surface area contributed by atoms with Crippen molar-refractivity contribution < 1.29 is 4.79 Å². The number of benzene rings is 1. The molecule has 0 spiro atoms. The van der Waals surface area contributed by atoms with Crippen LogP contribution in [-0.2, 0) is 4.79 Å². The van der Waals surface area contributed by atoms with E-state index in [1.54, 1.807) is 0 Å². The third-order valence-electron chi connectivity index (χ3n) is 4.55. The van der Waals surface area contributed by atoms with Crippen LogP contribution in [0.4, 0.5) is 0 Å². The smallest absolute Gasteiger partial charge is 0.232 e. The third kappa shape index (κ3) is 7.71. The number of hydrogen-bond donors (Lipinski definition) is 1. The summed E-state index contributed by atoms with van der Waals surface area (Å²) in [6.07, 6.45) is 5.95. The van der Waals surface area contributed by atoms with E-state index >= 15 is 0 Å². The molecule has 0 heterocycles. The summed E-state index contributed by atoms with van der Waals surface area (Å²) in [6.45, 7) is 3.80. The van der Waals surface area contributed by atoms with Crippen molar-refractivity contribution in [2.24, 2.45) is 0 Å². The van der Waals surface area contributed by atoms with Gasteiger partial charge in [-0.05, 0) is 65.0 Å². The normalized spacial score (nSPS) is 21.6. The Kier molecular flexibility index (Phi) is 9.68. The molecule has 0 bridgehead atoms. The molecule has 0 aromatic heterocycles. The Morgan fingerprint density at radius 2 is 2.04 bits per heavy atom. The first-order valence-electron chi connectivity index (χ1n) is 9.46. The lowest BCUT2D eigenvalue weighted by Gasteiger charge is -2.32. The van der Waals surface area contributed by atoms with E-state index in [1.807, 2.05) is 48.6 Å². The SMILES string of the molecule is CC(SC1CCCCC1Sc1cccc(Cl)c1)C(=O)NCCCN(C)C. The molecule has 3 atom stereocenters. The maximum atomic E-state index is 12.4. The summed E-state index contributed by atoms with van der Waals surface area (Å²) >= 11 is 9.90. The lowest BCUT2D eigenvalue weighted by Crippen LogP contribution is -2.35. The van der Waals surface area contributed by atoms with Crippen molar-refractivity contribution in [3.8, 4) is 0 Å². The number of carbonyl (C=O) groups excluding carboxylic acids is 1. The van der Waals surface area contributed by atoms with E-state index in [0.29, 0.717) is 10.5 Å². The fourth-order valence-corrected chi connectivity index (χ4v) is 6.38. The molecule has 1 fully saturated rings. The Morgan fingerprint density at radius 3 is 2.73 bits per heavy atom. The predicted molar refractivity (Wildman–Crippen MR) is 117 cm³/mol. The summed E-state index contributed by atoms with van der Waals surface area (Å²) in [7, 11) is 4.11. The van der Waals surface area contributed by atoms with Crippen LogP contribution in [0.2, 0.25) is 5.02 Å². The maximum Gasteiger partial charge on any atom is 0.232 e. The van der Waals surface area contributed by atoms with E-state index < -0.39 is 0 Å². The van der Waals surface area contributed by atoms with E-state index in [2.05, 4.69) is 30.4 Å². The van der Waals surface area contributed by atoms with Gasteiger partial charge in [0.15, 0.2) is 0 Å². The molecule has 1 aromatic carbocycles. The zero-order valence-corrected chi connectivity index (χ0v) is 18.4. The topological polar surface area (TPSA) is 32.3 Å². The Labute approximate surface area is 172 Å². The summed E-state index contributed by atoms with van der Waals surface area (Å²) in [6, 6.07) is 8.11. The first kappa shape index (κ1) is 21.9. The van der Waals surface area contributed by atoms with Crippen molar-refractivity contribution in [1.29, 1.82) is 0 Å². The molecular weight excluding hydrogens is 384 g/mol. The second-order valence-electron chi connectivity index (χ2n) is 7.16. The average Bonchev–Trinajstić information content (AvgIpc) is 2.60. The van der Waals surface area contributed by atoms with Gasteiger partial charge in [-0.15, -0.1) is 23.5 Å². The molecule has 3 nitrogen and oxygen atoms in total. The molecule has 0 radical (unpaired) electrons. The van der Waals surface area contributed by atoms with E-state index in [9.17, 15) is 4.79 Å². The van der Waals surface area contributed by atoms with E-state index in [1.165, 1.54) is 30.6 Å². The van der Waals surface area contributed by atoms with Crippen LogP contribution in [0.1, 0.15) is 39.0 Å². The Balaban J connectivity index is 1.83. The second-order valence-corrected chi connectivity index (χ2v) is 10.5. The van der Waals surface area contributed by atoms with Gasteiger partial charge in [0.1, 0.15) is 0 Å². The lowest BCUT2D eigenvalue weighted by atomic mass is 10.00. The largest absolute Gasteiger partial charge is 0.355 e. The highest BCUT2D eigenvalue weighted by Gasteiger charge is 2.29. The Morgan fingerprint density at radius 1 is 1.31 bits per heavy atom. The Hall–Kier alpha value is -0.360. The molecule has 3 unspecified atom stereocenters. The predicted octanol–water partition coefficient (Wildman–Crippen LogP) is 4.93. The van der Waals surface area contributed by atoms with E-state index in [-0.39, 0.29) is 11.2 Å². The van der Waals surface area contributed by atoms with Crippen molar-refractivity contribution in [1.82, 2.24) is 10.2 Å². The molecule has 26 heavy (non-hydrogen) atoms. The number of carbonyl (C=O) groups is 1. The fraction of sp³-hybridized carbons (Fsp3) is 0.650. The van der Waals surface area contributed by atoms with Crippen molar-refractivity contribution in [3.05, 3.63) is 29.3 Å². The van der Waals surface area contributed by atoms with Gasteiger partial charge in [0, 0.05) is 27.0 Å². The van der Waals surface area contributed by atoms with Gasteiger partial charge in [-0.2, -0.15) is 0 Å². The van der Waals surface area contributed by atoms with Crippen LogP contribution in [0, 0.1) is 0 Å². The average molecular weight is 415 g/mol. The number of nitrogens with one attached hydrogen (secondary N) is 1. The van der Waals surface area contributed by atoms with Gasteiger partial charge in [0.25, 0.3) is 0 Å². The number of amides is 1. The van der Waals surface area contributed by atoms with Crippen molar-refractivity contribution in [3.63, 3.8) is 0 Å². The molecule has 1 aromatic rings. The van der Waals surface area contributed by atoms with Crippen molar-refractivity contribution >= 4 is 41.0 Å². The minimum atomic E-state index is -0.0000764. The van der Waals surface area contributed by atoms with Gasteiger partial charge in [0.05, 0.1) is 5.25 Å². The molecular formula is C20H31ClN2OS2. The van der Waals surface area contributed by atoms with Crippen molar-refractivity contribution in [2.75, 3.05) is 27.2 Å². The van der Waals surface area contributed by atoms with Gasteiger partial charge in [0.2, 0.25) is 5.91 Å². The maximum absolute atomic E-state index is 12.4. The van der Waals surface area contributed by atoms with Crippen LogP contribution in [0.3, 0.4) is 0 Å². The first-order valence-corrected chi connectivity index (χ1v) is 11.7. The number of nitrogens with zero attached hydrogens (tertiary/aromatic N) is 1. The quantitative estimate of drug-likeness (QED) is 0.580. The Bertz CT molecular complexity index is 570. The van der Waals surface area contributed by atoms with E-state index in [0.717, 1.165) is 24.5 Å². The minimum Gasteiger partial charge on any atom is -0.355 e. The van der Waals surface area contributed by atoms with Crippen LogP contribution in [0.25, 0.3) is 0 Å². The van der Waals surface area contributed by atoms with Crippen LogP contribution < -0.4 is 5.32 Å². The molecule has 6 heteroatoms. The van der Waals surface area contributed by atoms with Crippen LogP contribution in [0.15, 0.2) is 29.2 Å². The summed E-state index contributed by atoms with van der Waals surface area (Å²) in [5, 5.41) is 4.96. The number of rotatable bonds is 9. The highest BCUT2D eigenvalue weighted by Crippen LogP contribution is 2.41. The third-order valence-corrected chi connectivity index (χ3v) is 7.89. The van der Waals surface area contributed by atoms with Gasteiger partial charge in [-0.25, -0.2) is 0 Å². The highest BCUT2D eigenvalue weighted by atomic mass is 35.5. The molecule has 0 aliphatic heterocycles. The first-order chi connectivity index (χ1) is 12.5. The minimum absolute atomic E-state index is 0.0000764.